The monoisotopic (exact) mass is 294 g/mol. The van der Waals surface area contributed by atoms with Gasteiger partial charge in [0, 0.05) is 0 Å². The van der Waals surface area contributed by atoms with Crippen molar-refractivity contribution in [2.24, 2.45) is 0 Å². The number of aromatic nitrogens is 2. The van der Waals surface area contributed by atoms with Crippen LogP contribution < -0.4 is 11.1 Å². The fourth-order valence-corrected chi connectivity index (χ4v) is 3.13. The third-order valence-electron chi connectivity index (χ3n) is 3.33. The van der Waals surface area contributed by atoms with E-state index in [0.29, 0.717) is 0 Å². The Kier molecular flexibility index (Phi) is 5.14. The van der Waals surface area contributed by atoms with Crippen LogP contribution in [-0.2, 0) is 0 Å². The van der Waals surface area contributed by atoms with Gasteiger partial charge in [0.2, 0.25) is 5.95 Å². The van der Waals surface area contributed by atoms with Crippen LogP contribution in [-0.4, -0.2) is 27.7 Å². The molecule has 0 saturated carbocycles. The molecule has 6 heteroatoms. The predicted molar refractivity (Wildman–Crippen MR) is 85.2 cm³/mol. The summed E-state index contributed by atoms with van der Waals surface area (Å²) in [5, 5.41) is 14.9. The van der Waals surface area contributed by atoms with E-state index < -0.39 is 0 Å². The zero-order chi connectivity index (χ0) is 14.5. The smallest absolute Gasteiger partial charge is 0.222 e. The van der Waals surface area contributed by atoms with E-state index in [2.05, 4.69) is 27.6 Å². The first-order valence-electron chi connectivity index (χ1n) is 7.04. The number of thiophene rings is 1. The van der Waals surface area contributed by atoms with Crippen LogP contribution in [0.25, 0.3) is 10.2 Å². The molecule has 5 nitrogen and oxygen atoms in total. The highest BCUT2D eigenvalue weighted by atomic mass is 32.1. The zero-order valence-electron chi connectivity index (χ0n) is 12.0. The standard InChI is InChI=1S/C14H22N4OS/c1-3-4-5-6-10(7-19)16-13-12-11(9(2)8-20-12)17-14(15)18-13/h8,10,19H,3-7H2,1-2H3,(H3,15,16,17,18)/t10-/m1/s1. The number of nitrogen functional groups attached to an aromatic ring is 1. The van der Waals surface area contributed by atoms with Gasteiger partial charge in [0.15, 0.2) is 0 Å². The molecule has 2 rings (SSSR count). The first kappa shape index (κ1) is 15.0. The summed E-state index contributed by atoms with van der Waals surface area (Å²) in [6.07, 6.45) is 4.38. The van der Waals surface area contributed by atoms with Crippen LogP contribution in [0.4, 0.5) is 11.8 Å². The molecule has 2 aromatic heterocycles. The van der Waals surface area contributed by atoms with Crippen molar-refractivity contribution in [1.29, 1.82) is 0 Å². The first-order valence-corrected chi connectivity index (χ1v) is 7.92. The Morgan fingerprint density at radius 3 is 2.90 bits per heavy atom. The molecule has 20 heavy (non-hydrogen) atoms. The predicted octanol–water partition coefficient (Wildman–Crippen LogP) is 2.94. The average Bonchev–Trinajstić information content (AvgIpc) is 2.79. The van der Waals surface area contributed by atoms with Gasteiger partial charge in [0.25, 0.3) is 0 Å². The molecule has 4 N–H and O–H groups in total. The Morgan fingerprint density at radius 1 is 1.40 bits per heavy atom. The van der Waals surface area contributed by atoms with Crippen molar-refractivity contribution < 1.29 is 5.11 Å². The van der Waals surface area contributed by atoms with E-state index in [1.807, 2.05) is 6.92 Å². The van der Waals surface area contributed by atoms with Crippen molar-refractivity contribution in [2.45, 2.75) is 45.6 Å². The normalized spacial score (nSPS) is 12.8. The maximum absolute atomic E-state index is 9.50. The third kappa shape index (κ3) is 3.37. The van der Waals surface area contributed by atoms with Gasteiger partial charge in [-0.25, -0.2) is 4.98 Å². The number of rotatable bonds is 7. The number of aliphatic hydroxyl groups is 1. The summed E-state index contributed by atoms with van der Waals surface area (Å²) < 4.78 is 1.01. The summed E-state index contributed by atoms with van der Waals surface area (Å²) in [6, 6.07) is 0.0152. The minimum absolute atomic E-state index is 0.0152. The Balaban J connectivity index is 2.19. The topological polar surface area (TPSA) is 84.1 Å². The molecule has 0 unspecified atom stereocenters. The van der Waals surface area contributed by atoms with Gasteiger partial charge in [-0.05, 0) is 24.3 Å². The third-order valence-corrected chi connectivity index (χ3v) is 4.42. The summed E-state index contributed by atoms with van der Waals surface area (Å²) in [5.41, 5.74) is 7.78. The molecule has 0 amide bonds. The van der Waals surface area contributed by atoms with Crippen molar-refractivity contribution >= 4 is 33.3 Å². The Labute approximate surface area is 123 Å². The van der Waals surface area contributed by atoms with Gasteiger partial charge >= 0.3 is 0 Å². The minimum Gasteiger partial charge on any atom is -0.394 e. The van der Waals surface area contributed by atoms with Crippen LogP contribution in [0.2, 0.25) is 0 Å². The molecule has 1 atom stereocenters. The number of nitrogens with zero attached hydrogens (tertiary/aromatic N) is 2. The largest absolute Gasteiger partial charge is 0.394 e. The molecular weight excluding hydrogens is 272 g/mol. The summed E-state index contributed by atoms with van der Waals surface area (Å²) in [7, 11) is 0. The van der Waals surface area contributed by atoms with Gasteiger partial charge in [0.05, 0.1) is 22.9 Å². The van der Waals surface area contributed by atoms with E-state index in [1.54, 1.807) is 11.3 Å². The molecule has 0 radical (unpaired) electrons. The number of nitrogens with one attached hydrogen (secondary N) is 1. The van der Waals surface area contributed by atoms with E-state index in [-0.39, 0.29) is 18.6 Å². The molecule has 0 spiro atoms. The van der Waals surface area contributed by atoms with Gasteiger partial charge in [-0.15, -0.1) is 11.3 Å². The number of hydrogen-bond donors (Lipinski definition) is 3. The highest BCUT2D eigenvalue weighted by Crippen LogP contribution is 2.30. The molecular formula is C14H22N4OS. The fourth-order valence-electron chi connectivity index (χ4n) is 2.19. The summed E-state index contributed by atoms with van der Waals surface area (Å²) in [4.78, 5) is 8.56. The number of fused-ring (bicyclic) bond motifs is 1. The van der Waals surface area contributed by atoms with Crippen molar-refractivity contribution in [2.75, 3.05) is 17.7 Å². The van der Waals surface area contributed by atoms with Gasteiger partial charge in [-0.2, -0.15) is 4.98 Å². The van der Waals surface area contributed by atoms with Crippen molar-refractivity contribution in [3.05, 3.63) is 10.9 Å². The highest BCUT2D eigenvalue weighted by molar-refractivity contribution is 7.18. The lowest BCUT2D eigenvalue weighted by Crippen LogP contribution is -2.24. The number of unbranched alkanes of at least 4 members (excludes halogenated alkanes) is 2. The van der Waals surface area contributed by atoms with Crippen molar-refractivity contribution in [1.82, 2.24) is 9.97 Å². The molecule has 0 bridgehead atoms. The van der Waals surface area contributed by atoms with Gasteiger partial charge < -0.3 is 16.2 Å². The number of aliphatic hydroxyl groups excluding tert-OH is 1. The minimum atomic E-state index is 0.0152. The van der Waals surface area contributed by atoms with Crippen LogP contribution in [0.5, 0.6) is 0 Å². The molecule has 110 valence electrons. The van der Waals surface area contributed by atoms with Gasteiger partial charge in [0.1, 0.15) is 5.82 Å². The van der Waals surface area contributed by atoms with E-state index in [0.717, 1.165) is 34.4 Å². The maximum atomic E-state index is 9.50. The molecule has 2 aromatic rings. The van der Waals surface area contributed by atoms with Gasteiger partial charge in [-0.1, -0.05) is 26.2 Å². The second-order valence-electron chi connectivity index (χ2n) is 5.05. The lowest BCUT2D eigenvalue weighted by Gasteiger charge is -2.17. The highest BCUT2D eigenvalue weighted by Gasteiger charge is 2.14. The van der Waals surface area contributed by atoms with E-state index in [4.69, 9.17) is 5.73 Å². The molecule has 0 saturated heterocycles. The SMILES string of the molecule is CCCCC[C@H](CO)Nc1nc(N)nc2c(C)csc12. The molecule has 0 fully saturated rings. The van der Waals surface area contributed by atoms with E-state index in [1.165, 1.54) is 12.8 Å². The molecule has 2 heterocycles. The van der Waals surface area contributed by atoms with Crippen LogP contribution in [0.1, 0.15) is 38.2 Å². The van der Waals surface area contributed by atoms with Crippen molar-refractivity contribution in [3.8, 4) is 0 Å². The number of hydrogen-bond acceptors (Lipinski definition) is 6. The quantitative estimate of drug-likeness (QED) is 0.684. The van der Waals surface area contributed by atoms with Crippen molar-refractivity contribution in [3.63, 3.8) is 0 Å². The Bertz CT molecular complexity index is 570. The number of anilines is 2. The number of aryl methyl sites for hydroxylation is 1. The fraction of sp³-hybridized carbons (Fsp3) is 0.571. The summed E-state index contributed by atoms with van der Waals surface area (Å²) in [5.74, 6) is 1.01. The lowest BCUT2D eigenvalue weighted by molar-refractivity contribution is 0.266. The Hall–Kier alpha value is -1.40. The maximum Gasteiger partial charge on any atom is 0.222 e. The summed E-state index contributed by atoms with van der Waals surface area (Å²) in [6.45, 7) is 4.28. The van der Waals surface area contributed by atoms with Crippen LogP contribution in [0, 0.1) is 6.92 Å². The molecule has 0 aliphatic heterocycles. The lowest BCUT2D eigenvalue weighted by atomic mass is 10.1. The second kappa shape index (κ2) is 6.85. The zero-order valence-corrected chi connectivity index (χ0v) is 12.8. The molecule has 0 aliphatic rings. The first-order chi connectivity index (χ1) is 9.65. The van der Waals surface area contributed by atoms with Crippen LogP contribution in [0.3, 0.4) is 0 Å². The Morgan fingerprint density at radius 2 is 2.20 bits per heavy atom. The van der Waals surface area contributed by atoms with Crippen LogP contribution in [0.15, 0.2) is 5.38 Å². The van der Waals surface area contributed by atoms with Gasteiger partial charge in [-0.3, -0.25) is 0 Å². The summed E-state index contributed by atoms with van der Waals surface area (Å²) >= 11 is 1.61. The number of nitrogens with two attached hydrogens (primary N) is 1. The average molecular weight is 294 g/mol. The van der Waals surface area contributed by atoms with E-state index >= 15 is 0 Å². The molecule has 0 aromatic carbocycles. The molecule has 0 aliphatic carbocycles. The second-order valence-corrected chi connectivity index (χ2v) is 5.93. The van der Waals surface area contributed by atoms with E-state index in [9.17, 15) is 5.11 Å². The van der Waals surface area contributed by atoms with Crippen LogP contribution >= 0.6 is 11.3 Å².